The first-order chi connectivity index (χ1) is 16.5. The molecule has 1 unspecified atom stereocenters. The van der Waals surface area contributed by atoms with Crippen molar-refractivity contribution in [1.29, 1.82) is 0 Å². The van der Waals surface area contributed by atoms with Crippen LogP contribution in [0.25, 0.3) is 11.1 Å². The summed E-state index contributed by atoms with van der Waals surface area (Å²) in [6.07, 6.45) is -5.40. The summed E-state index contributed by atoms with van der Waals surface area (Å²) >= 11 is 0. The van der Waals surface area contributed by atoms with Gasteiger partial charge < -0.3 is 14.7 Å². The highest BCUT2D eigenvalue weighted by Crippen LogP contribution is 2.44. The zero-order chi connectivity index (χ0) is 25.4. The Bertz CT molecular complexity index is 1160. The Labute approximate surface area is 199 Å². The molecule has 1 heterocycles. The van der Waals surface area contributed by atoms with Crippen LogP contribution in [0.15, 0.2) is 60.2 Å². The second-order valence-corrected chi connectivity index (χ2v) is 8.61. The van der Waals surface area contributed by atoms with Crippen molar-refractivity contribution in [3.8, 4) is 11.1 Å². The third-order valence-corrected chi connectivity index (χ3v) is 6.46. The number of carbonyl (C=O) groups is 3. The number of aliphatic carboxylic acids is 1. The fourth-order valence-electron chi connectivity index (χ4n) is 4.45. The number of alkyl carbamates (subject to hydrolysis) is 1. The van der Waals surface area contributed by atoms with Crippen molar-refractivity contribution in [2.45, 2.75) is 31.0 Å². The van der Waals surface area contributed by atoms with Crippen LogP contribution < -0.4 is 5.32 Å². The molecule has 0 saturated carbocycles. The van der Waals surface area contributed by atoms with Gasteiger partial charge in [0.15, 0.2) is 0 Å². The smallest absolute Gasteiger partial charge is 0.420 e. The Kier molecular flexibility index (Phi) is 6.31. The molecule has 2 aliphatic rings. The Morgan fingerprint density at radius 1 is 1.06 bits per heavy atom. The molecule has 1 atom stereocenters. The van der Waals surface area contributed by atoms with Crippen LogP contribution in [-0.4, -0.2) is 59.4 Å². The van der Waals surface area contributed by atoms with Gasteiger partial charge in [-0.05, 0) is 35.6 Å². The summed E-state index contributed by atoms with van der Waals surface area (Å²) in [6.45, 7) is -0.156. The molecule has 0 aromatic heterocycles. The van der Waals surface area contributed by atoms with E-state index in [1.54, 1.807) is 5.32 Å². The van der Waals surface area contributed by atoms with Gasteiger partial charge in [0, 0.05) is 24.6 Å². The fourth-order valence-corrected chi connectivity index (χ4v) is 4.45. The molecular weight excluding hydrogens is 465 g/mol. The standard InChI is InChI=1S/C25H23F3N2O5/c1-24(25(26,27)28,22(33)30-12-10-15(11-13-30)21(31)32)29-23(34)35-14-20-18-8-4-2-6-16(18)17-7-3-5-9-19(17)20/h2-10,20H,11-14H2,1H3,(H,29,34)(H,31,32). The maximum Gasteiger partial charge on any atom is 0.420 e. The summed E-state index contributed by atoms with van der Waals surface area (Å²) in [5.41, 5.74) is 0.491. The summed E-state index contributed by atoms with van der Waals surface area (Å²) in [4.78, 5) is 37.3. The van der Waals surface area contributed by atoms with Gasteiger partial charge in [-0.15, -0.1) is 0 Å². The van der Waals surface area contributed by atoms with Crippen molar-refractivity contribution in [2.24, 2.45) is 0 Å². The lowest BCUT2D eigenvalue weighted by Crippen LogP contribution is -2.66. The fraction of sp³-hybridized carbons (Fsp3) is 0.320. The van der Waals surface area contributed by atoms with Gasteiger partial charge in [0.25, 0.3) is 5.91 Å². The molecule has 2 amide bonds. The third kappa shape index (κ3) is 4.48. The first-order valence-corrected chi connectivity index (χ1v) is 10.9. The molecule has 10 heteroatoms. The Morgan fingerprint density at radius 3 is 2.11 bits per heavy atom. The molecule has 0 bridgehead atoms. The van der Waals surface area contributed by atoms with E-state index in [0.29, 0.717) is 6.92 Å². The van der Waals surface area contributed by atoms with E-state index in [9.17, 15) is 27.6 Å². The molecule has 2 aromatic rings. The van der Waals surface area contributed by atoms with Gasteiger partial charge in [0.2, 0.25) is 5.54 Å². The van der Waals surface area contributed by atoms with Crippen LogP contribution >= 0.6 is 0 Å². The molecule has 0 saturated heterocycles. The van der Waals surface area contributed by atoms with Crippen LogP contribution in [-0.2, 0) is 14.3 Å². The molecule has 2 aromatic carbocycles. The summed E-state index contributed by atoms with van der Waals surface area (Å²) in [5.74, 6) is -2.94. The van der Waals surface area contributed by atoms with Crippen molar-refractivity contribution in [3.63, 3.8) is 0 Å². The van der Waals surface area contributed by atoms with Crippen molar-refractivity contribution in [1.82, 2.24) is 10.2 Å². The number of amides is 2. The number of rotatable bonds is 5. The van der Waals surface area contributed by atoms with Gasteiger partial charge in [0.05, 0.1) is 0 Å². The number of nitrogens with one attached hydrogen (secondary N) is 1. The van der Waals surface area contributed by atoms with Gasteiger partial charge in [0.1, 0.15) is 6.61 Å². The van der Waals surface area contributed by atoms with E-state index in [0.717, 1.165) is 27.2 Å². The highest BCUT2D eigenvalue weighted by molar-refractivity contribution is 5.92. The van der Waals surface area contributed by atoms with Gasteiger partial charge in [-0.1, -0.05) is 54.6 Å². The molecule has 0 spiro atoms. The number of fused-ring (bicyclic) bond motifs is 3. The molecule has 184 valence electrons. The number of hydrogen-bond donors (Lipinski definition) is 2. The minimum absolute atomic E-state index is 0.0206. The maximum atomic E-state index is 14.0. The molecule has 1 aliphatic carbocycles. The van der Waals surface area contributed by atoms with Crippen LogP contribution in [0.1, 0.15) is 30.4 Å². The van der Waals surface area contributed by atoms with Crippen LogP contribution in [0.5, 0.6) is 0 Å². The lowest BCUT2D eigenvalue weighted by molar-refractivity contribution is -0.200. The summed E-state index contributed by atoms with van der Waals surface area (Å²) in [6, 6.07) is 15.0. The van der Waals surface area contributed by atoms with Gasteiger partial charge in [-0.3, -0.25) is 10.1 Å². The van der Waals surface area contributed by atoms with E-state index in [2.05, 4.69) is 0 Å². The minimum Gasteiger partial charge on any atom is -0.478 e. The Morgan fingerprint density at radius 2 is 1.63 bits per heavy atom. The largest absolute Gasteiger partial charge is 0.478 e. The number of alkyl halides is 3. The van der Waals surface area contributed by atoms with Crippen molar-refractivity contribution in [2.75, 3.05) is 19.7 Å². The summed E-state index contributed by atoms with van der Waals surface area (Å²) in [7, 11) is 0. The van der Waals surface area contributed by atoms with E-state index in [1.165, 1.54) is 6.08 Å². The van der Waals surface area contributed by atoms with E-state index in [4.69, 9.17) is 9.84 Å². The topological polar surface area (TPSA) is 95.9 Å². The molecule has 2 N–H and O–H groups in total. The van der Waals surface area contributed by atoms with Crippen LogP contribution in [0.3, 0.4) is 0 Å². The zero-order valence-electron chi connectivity index (χ0n) is 18.8. The summed E-state index contributed by atoms with van der Waals surface area (Å²) in [5, 5.41) is 10.7. The molecular formula is C25H23F3N2O5. The minimum atomic E-state index is -5.12. The Hall–Kier alpha value is -3.82. The number of halogens is 3. The molecule has 7 nitrogen and oxygen atoms in total. The number of hydrogen-bond acceptors (Lipinski definition) is 4. The van der Waals surface area contributed by atoms with E-state index < -0.39 is 29.7 Å². The predicted molar refractivity (Wildman–Crippen MR) is 120 cm³/mol. The van der Waals surface area contributed by atoms with Crippen LogP contribution in [0.2, 0.25) is 0 Å². The van der Waals surface area contributed by atoms with Crippen molar-refractivity contribution < 1.29 is 37.4 Å². The molecule has 0 fully saturated rings. The summed E-state index contributed by atoms with van der Waals surface area (Å²) < 4.78 is 47.2. The Balaban J connectivity index is 1.48. The highest BCUT2D eigenvalue weighted by Gasteiger charge is 2.59. The number of carboxylic acids is 1. The number of carboxylic acid groups (broad SMARTS) is 1. The second kappa shape index (κ2) is 9.09. The van der Waals surface area contributed by atoms with Gasteiger partial charge >= 0.3 is 18.2 Å². The first kappa shape index (κ1) is 24.3. The van der Waals surface area contributed by atoms with Gasteiger partial charge in [-0.25, -0.2) is 9.59 Å². The quantitative estimate of drug-likeness (QED) is 0.661. The van der Waals surface area contributed by atoms with Crippen molar-refractivity contribution in [3.05, 3.63) is 71.3 Å². The number of benzene rings is 2. The average Bonchev–Trinajstić information content (AvgIpc) is 3.15. The third-order valence-electron chi connectivity index (χ3n) is 6.46. The second-order valence-electron chi connectivity index (χ2n) is 8.61. The van der Waals surface area contributed by atoms with E-state index in [1.807, 2.05) is 48.5 Å². The SMILES string of the molecule is CC(NC(=O)OCC1c2ccccc2-c2ccccc21)(C(=O)N1CC=C(C(=O)O)CC1)C(F)(F)F. The van der Waals surface area contributed by atoms with Crippen LogP contribution in [0.4, 0.5) is 18.0 Å². The number of nitrogens with zero attached hydrogens (tertiary/aromatic N) is 1. The molecule has 4 rings (SSSR count). The maximum absolute atomic E-state index is 14.0. The zero-order valence-corrected chi connectivity index (χ0v) is 18.8. The average molecular weight is 488 g/mol. The van der Waals surface area contributed by atoms with E-state index >= 15 is 0 Å². The van der Waals surface area contributed by atoms with Crippen molar-refractivity contribution >= 4 is 18.0 Å². The monoisotopic (exact) mass is 488 g/mol. The normalized spacial score (nSPS) is 17.0. The molecule has 1 aliphatic heterocycles. The van der Waals surface area contributed by atoms with E-state index in [-0.39, 0.29) is 37.6 Å². The molecule has 35 heavy (non-hydrogen) atoms. The first-order valence-electron chi connectivity index (χ1n) is 10.9. The number of carbonyl (C=O) groups excluding carboxylic acids is 2. The van der Waals surface area contributed by atoms with Crippen LogP contribution in [0, 0.1) is 0 Å². The lowest BCUT2D eigenvalue weighted by Gasteiger charge is -2.37. The number of ether oxygens (including phenoxy) is 1. The predicted octanol–water partition coefficient (Wildman–Crippen LogP) is 4.09. The lowest BCUT2D eigenvalue weighted by atomic mass is 9.97. The van der Waals surface area contributed by atoms with Gasteiger partial charge in [-0.2, -0.15) is 13.2 Å². The highest BCUT2D eigenvalue weighted by atomic mass is 19.4. The molecule has 0 radical (unpaired) electrons.